The zero-order chi connectivity index (χ0) is 17.2. The number of nitrogens with one attached hydrogen (secondary N) is 1. The molecule has 2 N–H and O–H groups in total. The van der Waals surface area contributed by atoms with Crippen LogP contribution in [0.25, 0.3) is 10.2 Å². The predicted molar refractivity (Wildman–Crippen MR) is 100 cm³/mol. The molecule has 0 unspecified atom stereocenters. The van der Waals surface area contributed by atoms with Crippen molar-refractivity contribution in [2.75, 3.05) is 18.5 Å². The summed E-state index contributed by atoms with van der Waals surface area (Å²) in [5, 5.41) is 14.4. The molecule has 0 saturated carbocycles. The second kappa shape index (κ2) is 7.14. The highest BCUT2D eigenvalue weighted by atomic mass is 32.1. The van der Waals surface area contributed by atoms with E-state index in [4.69, 9.17) is 4.42 Å². The minimum absolute atomic E-state index is 0.0888. The normalized spacial score (nSPS) is 15.3. The first-order valence-electron chi connectivity index (χ1n) is 8.90. The number of aromatic nitrogens is 2. The van der Waals surface area contributed by atoms with Crippen molar-refractivity contribution in [2.24, 2.45) is 5.92 Å². The van der Waals surface area contributed by atoms with Crippen LogP contribution < -0.4 is 5.32 Å². The molecule has 1 atom stereocenters. The first kappa shape index (κ1) is 16.5. The lowest BCUT2D eigenvalue weighted by molar-refractivity contribution is 0.226. The summed E-state index contributed by atoms with van der Waals surface area (Å²) >= 11 is 1.82. The van der Waals surface area contributed by atoms with Gasteiger partial charge in [-0.05, 0) is 50.3 Å². The quantitative estimate of drug-likeness (QED) is 0.703. The molecule has 132 valence electrons. The highest BCUT2D eigenvalue weighted by molar-refractivity contribution is 7.19. The highest BCUT2D eigenvalue weighted by Gasteiger charge is 2.21. The van der Waals surface area contributed by atoms with Gasteiger partial charge in [0.05, 0.1) is 11.6 Å². The number of nitrogens with zero attached hydrogens (tertiary/aromatic N) is 2. The van der Waals surface area contributed by atoms with Crippen LogP contribution in [0.3, 0.4) is 0 Å². The van der Waals surface area contributed by atoms with E-state index in [-0.39, 0.29) is 12.5 Å². The van der Waals surface area contributed by atoms with E-state index < -0.39 is 0 Å². The van der Waals surface area contributed by atoms with E-state index in [0.29, 0.717) is 13.0 Å². The Balaban J connectivity index is 1.58. The van der Waals surface area contributed by atoms with Gasteiger partial charge in [0.1, 0.15) is 22.2 Å². The fourth-order valence-corrected chi connectivity index (χ4v) is 4.85. The van der Waals surface area contributed by atoms with Crippen LogP contribution in [0.4, 0.5) is 5.82 Å². The van der Waals surface area contributed by atoms with E-state index in [1.807, 2.05) is 30.4 Å². The Bertz CT molecular complexity index is 857. The van der Waals surface area contributed by atoms with E-state index in [0.717, 1.165) is 35.1 Å². The van der Waals surface area contributed by atoms with Gasteiger partial charge in [-0.2, -0.15) is 0 Å². The van der Waals surface area contributed by atoms with Gasteiger partial charge in [-0.15, -0.1) is 11.3 Å². The molecule has 0 aromatic carbocycles. The van der Waals surface area contributed by atoms with Crippen molar-refractivity contribution < 1.29 is 9.52 Å². The monoisotopic (exact) mass is 357 g/mol. The Labute approximate surface area is 151 Å². The molecule has 0 saturated heterocycles. The fraction of sp³-hybridized carbons (Fsp3) is 0.474. The fourth-order valence-electron chi connectivity index (χ4n) is 3.55. The second-order valence-electron chi connectivity index (χ2n) is 6.72. The van der Waals surface area contributed by atoms with E-state index in [2.05, 4.69) is 15.3 Å². The summed E-state index contributed by atoms with van der Waals surface area (Å²) in [6.07, 6.45) is 7.17. The number of aryl methyl sites for hydroxylation is 3. The Morgan fingerprint density at radius 1 is 1.32 bits per heavy atom. The Kier molecular flexibility index (Phi) is 4.72. The maximum Gasteiger partial charge on any atom is 0.138 e. The van der Waals surface area contributed by atoms with E-state index in [9.17, 15) is 5.11 Å². The average molecular weight is 357 g/mol. The maximum atomic E-state index is 9.71. The van der Waals surface area contributed by atoms with Crippen LogP contribution >= 0.6 is 11.3 Å². The van der Waals surface area contributed by atoms with Crippen LogP contribution in [0.15, 0.2) is 22.8 Å². The maximum absolute atomic E-state index is 9.71. The SMILES string of the molecule is Cc1nc(NC[C@H](CO)Cc2ccco2)c2c3c(sc2n1)CCCC3. The summed E-state index contributed by atoms with van der Waals surface area (Å²) in [4.78, 5) is 11.9. The van der Waals surface area contributed by atoms with Crippen LogP contribution in [0.2, 0.25) is 0 Å². The summed E-state index contributed by atoms with van der Waals surface area (Å²) in [7, 11) is 0. The molecule has 4 rings (SSSR count). The van der Waals surface area contributed by atoms with Crippen molar-refractivity contribution in [1.29, 1.82) is 0 Å². The van der Waals surface area contributed by atoms with Crippen molar-refractivity contribution in [3.8, 4) is 0 Å². The largest absolute Gasteiger partial charge is 0.469 e. The molecule has 1 aliphatic rings. The number of hydrogen-bond donors (Lipinski definition) is 2. The summed E-state index contributed by atoms with van der Waals surface area (Å²) < 4.78 is 5.41. The smallest absolute Gasteiger partial charge is 0.138 e. The molecule has 5 nitrogen and oxygen atoms in total. The van der Waals surface area contributed by atoms with Crippen LogP contribution in [0, 0.1) is 12.8 Å². The average Bonchev–Trinajstić information content (AvgIpc) is 3.25. The molecular formula is C19H23N3O2S. The summed E-state index contributed by atoms with van der Waals surface area (Å²) in [5.41, 5.74) is 1.43. The zero-order valence-corrected chi connectivity index (χ0v) is 15.2. The van der Waals surface area contributed by atoms with E-state index >= 15 is 0 Å². The van der Waals surface area contributed by atoms with E-state index in [1.54, 1.807) is 6.26 Å². The number of rotatable bonds is 6. The molecule has 0 spiro atoms. The molecule has 0 amide bonds. The van der Waals surface area contributed by atoms with Crippen molar-refractivity contribution in [3.63, 3.8) is 0 Å². The first-order chi connectivity index (χ1) is 12.2. The lowest BCUT2D eigenvalue weighted by Crippen LogP contribution is -2.21. The van der Waals surface area contributed by atoms with Crippen molar-refractivity contribution in [3.05, 3.63) is 40.4 Å². The molecule has 25 heavy (non-hydrogen) atoms. The molecule has 0 bridgehead atoms. The number of aliphatic hydroxyl groups excluding tert-OH is 1. The number of anilines is 1. The third-order valence-electron chi connectivity index (χ3n) is 4.81. The van der Waals surface area contributed by atoms with E-state index in [1.165, 1.54) is 28.7 Å². The van der Waals surface area contributed by atoms with Crippen molar-refractivity contribution in [2.45, 2.75) is 39.0 Å². The van der Waals surface area contributed by atoms with Gasteiger partial charge in [0.15, 0.2) is 0 Å². The molecule has 0 fully saturated rings. The number of aliphatic hydroxyl groups is 1. The highest BCUT2D eigenvalue weighted by Crippen LogP contribution is 2.38. The third kappa shape index (κ3) is 3.41. The lowest BCUT2D eigenvalue weighted by atomic mass is 9.97. The van der Waals surface area contributed by atoms with Gasteiger partial charge in [-0.3, -0.25) is 0 Å². The summed E-state index contributed by atoms with van der Waals surface area (Å²) in [5.74, 6) is 2.70. The Hall–Kier alpha value is -1.92. The van der Waals surface area contributed by atoms with Crippen LogP contribution in [0.1, 0.15) is 34.9 Å². The minimum atomic E-state index is 0.0888. The standard InChI is InChI=1S/C19H23N3O2S/c1-12-21-18(20-10-13(11-23)9-14-5-4-8-24-14)17-15-6-2-3-7-16(15)25-19(17)22-12/h4-5,8,13,23H,2-3,6-7,9-11H2,1H3,(H,20,21,22)/t13-/m1/s1. The Morgan fingerprint density at radius 3 is 3.00 bits per heavy atom. The van der Waals surface area contributed by atoms with Gasteiger partial charge in [0.25, 0.3) is 0 Å². The summed E-state index contributed by atoms with van der Waals surface area (Å²) in [6, 6.07) is 3.83. The summed E-state index contributed by atoms with van der Waals surface area (Å²) in [6.45, 7) is 2.71. The molecule has 6 heteroatoms. The van der Waals surface area contributed by atoms with Gasteiger partial charge in [-0.25, -0.2) is 9.97 Å². The molecule has 0 aliphatic heterocycles. The molecule has 0 radical (unpaired) electrons. The molecule has 1 aliphatic carbocycles. The van der Waals surface area contributed by atoms with Gasteiger partial charge in [0.2, 0.25) is 0 Å². The van der Waals surface area contributed by atoms with Gasteiger partial charge >= 0.3 is 0 Å². The van der Waals surface area contributed by atoms with Crippen molar-refractivity contribution >= 4 is 27.4 Å². The third-order valence-corrected chi connectivity index (χ3v) is 6.00. The van der Waals surface area contributed by atoms with Crippen LogP contribution in [-0.2, 0) is 19.3 Å². The zero-order valence-electron chi connectivity index (χ0n) is 14.4. The number of furan rings is 1. The molecule has 3 heterocycles. The van der Waals surface area contributed by atoms with Gasteiger partial charge < -0.3 is 14.8 Å². The van der Waals surface area contributed by atoms with Crippen LogP contribution in [-0.4, -0.2) is 28.2 Å². The van der Waals surface area contributed by atoms with Gasteiger partial charge in [-0.1, -0.05) is 0 Å². The molecular weight excluding hydrogens is 334 g/mol. The molecule has 3 aromatic rings. The molecule has 3 aromatic heterocycles. The van der Waals surface area contributed by atoms with Crippen molar-refractivity contribution in [1.82, 2.24) is 9.97 Å². The first-order valence-corrected chi connectivity index (χ1v) is 9.72. The number of thiophene rings is 1. The number of fused-ring (bicyclic) bond motifs is 3. The Morgan fingerprint density at radius 2 is 2.20 bits per heavy atom. The minimum Gasteiger partial charge on any atom is -0.469 e. The topological polar surface area (TPSA) is 71.2 Å². The number of hydrogen-bond acceptors (Lipinski definition) is 6. The lowest BCUT2D eigenvalue weighted by Gasteiger charge is -2.16. The predicted octanol–water partition coefficient (Wildman–Crippen LogP) is 3.73. The van der Waals surface area contributed by atoms with Crippen LogP contribution in [0.5, 0.6) is 0 Å². The van der Waals surface area contributed by atoms with Gasteiger partial charge in [0, 0.05) is 30.4 Å². The second-order valence-corrected chi connectivity index (χ2v) is 7.81.